The normalized spacial score (nSPS) is 14.2. The fraction of sp³-hybridized carbons (Fsp3) is 0.522. The Kier molecular flexibility index (Phi) is 8.10. The van der Waals surface area contributed by atoms with Gasteiger partial charge in [-0.1, -0.05) is 0 Å². The topological polar surface area (TPSA) is 89.1 Å². The SMILES string of the molecule is CCOC(=O)c1c(C)nc(NCCN2CCN(c3ccc(OC)cc3OC)CC2)nc1C. The number of piperazine rings is 1. The second kappa shape index (κ2) is 11.0. The van der Waals surface area contributed by atoms with Gasteiger partial charge in [-0.3, -0.25) is 4.90 Å². The van der Waals surface area contributed by atoms with Gasteiger partial charge in [-0.15, -0.1) is 0 Å². The molecule has 0 amide bonds. The van der Waals surface area contributed by atoms with Crippen LogP contribution in [-0.2, 0) is 4.74 Å². The first-order valence-electron chi connectivity index (χ1n) is 10.9. The van der Waals surface area contributed by atoms with Crippen molar-refractivity contribution in [3.8, 4) is 11.5 Å². The van der Waals surface area contributed by atoms with Gasteiger partial charge in [0.05, 0.1) is 37.9 Å². The minimum absolute atomic E-state index is 0.330. The van der Waals surface area contributed by atoms with Gasteiger partial charge < -0.3 is 24.4 Å². The summed E-state index contributed by atoms with van der Waals surface area (Å²) in [7, 11) is 3.34. The van der Waals surface area contributed by atoms with E-state index in [1.807, 2.05) is 12.1 Å². The van der Waals surface area contributed by atoms with Gasteiger partial charge in [0.15, 0.2) is 0 Å². The van der Waals surface area contributed by atoms with Crippen LogP contribution in [-0.4, -0.2) is 80.9 Å². The smallest absolute Gasteiger partial charge is 0.341 e. The number of ether oxygens (including phenoxy) is 3. The van der Waals surface area contributed by atoms with Crippen molar-refractivity contribution in [1.82, 2.24) is 14.9 Å². The number of rotatable bonds is 9. The van der Waals surface area contributed by atoms with Gasteiger partial charge in [0, 0.05) is 45.3 Å². The highest BCUT2D eigenvalue weighted by molar-refractivity contribution is 5.91. The van der Waals surface area contributed by atoms with E-state index in [1.54, 1.807) is 35.0 Å². The number of aromatic nitrogens is 2. The molecular weight excluding hydrogens is 410 g/mol. The number of nitrogens with zero attached hydrogens (tertiary/aromatic N) is 4. The fourth-order valence-corrected chi connectivity index (χ4v) is 3.88. The number of methoxy groups -OCH3 is 2. The number of esters is 1. The maximum atomic E-state index is 12.1. The van der Waals surface area contributed by atoms with E-state index in [0.29, 0.717) is 29.5 Å². The maximum Gasteiger partial charge on any atom is 0.341 e. The van der Waals surface area contributed by atoms with Crippen molar-refractivity contribution < 1.29 is 19.0 Å². The van der Waals surface area contributed by atoms with Gasteiger partial charge in [0.1, 0.15) is 17.1 Å². The van der Waals surface area contributed by atoms with Crippen molar-refractivity contribution in [3.63, 3.8) is 0 Å². The quantitative estimate of drug-likeness (QED) is 0.587. The van der Waals surface area contributed by atoms with Gasteiger partial charge in [0.25, 0.3) is 0 Å². The molecule has 1 aromatic carbocycles. The van der Waals surface area contributed by atoms with Crippen LogP contribution in [0.3, 0.4) is 0 Å². The maximum absolute atomic E-state index is 12.1. The van der Waals surface area contributed by atoms with Gasteiger partial charge in [-0.2, -0.15) is 0 Å². The van der Waals surface area contributed by atoms with Crippen molar-refractivity contribution >= 4 is 17.6 Å². The largest absolute Gasteiger partial charge is 0.497 e. The molecule has 1 aliphatic heterocycles. The number of hydrogen-bond donors (Lipinski definition) is 1. The Morgan fingerprint density at radius 1 is 1.06 bits per heavy atom. The van der Waals surface area contributed by atoms with Crippen LogP contribution in [0.4, 0.5) is 11.6 Å². The van der Waals surface area contributed by atoms with Crippen LogP contribution in [0.5, 0.6) is 11.5 Å². The van der Waals surface area contributed by atoms with E-state index in [1.165, 1.54) is 0 Å². The molecule has 0 radical (unpaired) electrons. The predicted octanol–water partition coefficient (Wildman–Crippen LogP) is 2.52. The van der Waals surface area contributed by atoms with E-state index >= 15 is 0 Å². The Balaban J connectivity index is 1.50. The lowest BCUT2D eigenvalue weighted by Gasteiger charge is -2.36. The van der Waals surface area contributed by atoms with E-state index in [0.717, 1.165) is 56.5 Å². The lowest BCUT2D eigenvalue weighted by molar-refractivity contribution is 0.0523. The Labute approximate surface area is 189 Å². The van der Waals surface area contributed by atoms with Crippen LogP contribution in [0.2, 0.25) is 0 Å². The van der Waals surface area contributed by atoms with Crippen molar-refractivity contribution in [2.45, 2.75) is 20.8 Å². The summed E-state index contributed by atoms with van der Waals surface area (Å²) in [5.74, 6) is 1.78. The molecular formula is C23H33N5O4. The standard InChI is InChI=1S/C23H33N5O4/c1-6-32-22(29)21-16(2)25-23(26-17(21)3)24-9-10-27-11-13-28(14-12-27)19-8-7-18(30-4)15-20(19)31-5/h7-8,15H,6,9-14H2,1-5H3,(H,24,25,26). The Morgan fingerprint density at radius 2 is 1.75 bits per heavy atom. The zero-order valence-electron chi connectivity index (χ0n) is 19.6. The summed E-state index contributed by atoms with van der Waals surface area (Å²) in [6.45, 7) is 11.1. The number of carbonyl (C=O) groups excluding carboxylic acids is 1. The minimum Gasteiger partial charge on any atom is -0.497 e. The lowest BCUT2D eigenvalue weighted by Crippen LogP contribution is -2.47. The van der Waals surface area contributed by atoms with Crippen LogP contribution in [0.1, 0.15) is 28.7 Å². The molecule has 1 fully saturated rings. The van der Waals surface area contributed by atoms with Crippen LogP contribution >= 0.6 is 0 Å². The molecule has 1 saturated heterocycles. The summed E-state index contributed by atoms with van der Waals surface area (Å²) in [5.41, 5.74) is 2.79. The summed E-state index contributed by atoms with van der Waals surface area (Å²) in [6, 6.07) is 5.94. The third-order valence-corrected chi connectivity index (χ3v) is 5.56. The molecule has 0 saturated carbocycles. The first-order chi connectivity index (χ1) is 15.5. The Hall–Kier alpha value is -3.07. The van der Waals surface area contributed by atoms with Crippen LogP contribution < -0.4 is 19.7 Å². The third kappa shape index (κ3) is 5.59. The highest BCUT2D eigenvalue weighted by atomic mass is 16.5. The molecule has 3 rings (SSSR count). The highest BCUT2D eigenvalue weighted by Crippen LogP contribution is 2.32. The number of benzene rings is 1. The molecule has 9 heteroatoms. The van der Waals surface area contributed by atoms with Crippen molar-refractivity contribution in [2.24, 2.45) is 0 Å². The van der Waals surface area contributed by atoms with Crippen molar-refractivity contribution in [2.75, 3.05) is 70.3 Å². The van der Waals surface area contributed by atoms with Gasteiger partial charge >= 0.3 is 5.97 Å². The zero-order chi connectivity index (χ0) is 23.1. The molecule has 2 aromatic rings. The molecule has 1 aliphatic rings. The molecule has 0 unspecified atom stereocenters. The average molecular weight is 444 g/mol. The number of aryl methyl sites for hydroxylation is 2. The van der Waals surface area contributed by atoms with Crippen LogP contribution in [0.25, 0.3) is 0 Å². The molecule has 9 nitrogen and oxygen atoms in total. The first kappa shape index (κ1) is 23.6. The molecule has 174 valence electrons. The van der Waals surface area contributed by atoms with E-state index in [-0.39, 0.29) is 5.97 Å². The van der Waals surface area contributed by atoms with Crippen molar-refractivity contribution in [1.29, 1.82) is 0 Å². The monoisotopic (exact) mass is 443 g/mol. The molecule has 1 aromatic heterocycles. The third-order valence-electron chi connectivity index (χ3n) is 5.56. The second-order valence-corrected chi connectivity index (χ2v) is 7.61. The van der Waals surface area contributed by atoms with E-state index in [9.17, 15) is 4.79 Å². The highest BCUT2D eigenvalue weighted by Gasteiger charge is 2.20. The second-order valence-electron chi connectivity index (χ2n) is 7.61. The van der Waals surface area contributed by atoms with Crippen LogP contribution in [0, 0.1) is 13.8 Å². The summed E-state index contributed by atoms with van der Waals surface area (Å²) in [4.78, 5) is 25.7. The van der Waals surface area contributed by atoms with E-state index < -0.39 is 0 Å². The first-order valence-corrected chi connectivity index (χ1v) is 10.9. The molecule has 0 spiro atoms. The Bertz CT molecular complexity index is 906. The molecule has 0 aliphatic carbocycles. The molecule has 0 atom stereocenters. The summed E-state index contributed by atoms with van der Waals surface area (Å²) in [5, 5.41) is 3.28. The Morgan fingerprint density at radius 3 is 2.34 bits per heavy atom. The molecule has 0 bridgehead atoms. The number of carbonyl (C=O) groups is 1. The predicted molar refractivity (Wildman–Crippen MR) is 124 cm³/mol. The minimum atomic E-state index is -0.375. The van der Waals surface area contributed by atoms with E-state index in [4.69, 9.17) is 14.2 Å². The van der Waals surface area contributed by atoms with E-state index in [2.05, 4.69) is 31.2 Å². The van der Waals surface area contributed by atoms with Gasteiger partial charge in [-0.25, -0.2) is 14.8 Å². The lowest BCUT2D eigenvalue weighted by atomic mass is 10.2. The van der Waals surface area contributed by atoms with Crippen LogP contribution in [0.15, 0.2) is 18.2 Å². The van der Waals surface area contributed by atoms with Crippen molar-refractivity contribution in [3.05, 3.63) is 35.2 Å². The summed E-state index contributed by atoms with van der Waals surface area (Å²) in [6.07, 6.45) is 0. The van der Waals surface area contributed by atoms with Gasteiger partial charge in [-0.05, 0) is 32.9 Å². The van der Waals surface area contributed by atoms with Gasteiger partial charge in [0.2, 0.25) is 5.95 Å². The summed E-state index contributed by atoms with van der Waals surface area (Å²) < 4.78 is 15.9. The summed E-state index contributed by atoms with van der Waals surface area (Å²) >= 11 is 0. The molecule has 2 heterocycles. The zero-order valence-corrected chi connectivity index (χ0v) is 19.6. The number of anilines is 2. The molecule has 1 N–H and O–H groups in total. The average Bonchev–Trinajstić information content (AvgIpc) is 2.79. The number of hydrogen-bond acceptors (Lipinski definition) is 9. The molecule has 32 heavy (non-hydrogen) atoms. The number of nitrogens with one attached hydrogen (secondary N) is 1. The fourth-order valence-electron chi connectivity index (χ4n) is 3.88.